The maximum atomic E-state index is 12.6. The summed E-state index contributed by atoms with van der Waals surface area (Å²) in [6.45, 7) is 1.94. The van der Waals surface area contributed by atoms with Crippen LogP contribution in [-0.2, 0) is 16.6 Å². The fraction of sp³-hybridized carbons (Fsp3) is 0.421. The standard InChI is InChI=1S/C19H25N5O2.ClH/c1-12(22-19(26)17(20-2)15-10-21-24(3)11-15)13-6-8-16(9-7-13)23-18(25)14-4-5-14;/h6-12,14,17,20H,4-5H2,1-3H3,(H,22,26)(H,23,25);1H. The Balaban J connectivity index is 0.00000261. The average molecular weight is 392 g/mol. The van der Waals surface area contributed by atoms with Crippen molar-refractivity contribution in [3.05, 3.63) is 47.8 Å². The summed E-state index contributed by atoms with van der Waals surface area (Å²) in [7, 11) is 3.57. The van der Waals surface area contributed by atoms with E-state index in [1.807, 2.05) is 44.4 Å². The minimum absolute atomic E-state index is 0. The number of hydrogen-bond donors (Lipinski definition) is 3. The van der Waals surface area contributed by atoms with Crippen molar-refractivity contribution in [1.82, 2.24) is 20.4 Å². The Labute approximate surface area is 165 Å². The lowest BCUT2D eigenvalue weighted by molar-refractivity contribution is -0.123. The van der Waals surface area contributed by atoms with Crippen molar-refractivity contribution < 1.29 is 9.59 Å². The molecule has 2 unspecified atom stereocenters. The van der Waals surface area contributed by atoms with Gasteiger partial charge < -0.3 is 16.0 Å². The predicted molar refractivity (Wildman–Crippen MR) is 107 cm³/mol. The average Bonchev–Trinajstić information content (AvgIpc) is 3.39. The Morgan fingerprint density at radius 2 is 1.85 bits per heavy atom. The predicted octanol–water partition coefficient (Wildman–Crippen LogP) is 2.33. The van der Waals surface area contributed by atoms with Crippen LogP contribution in [0.25, 0.3) is 0 Å². The van der Waals surface area contributed by atoms with Crippen molar-refractivity contribution in [3.63, 3.8) is 0 Å². The van der Waals surface area contributed by atoms with E-state index in [0.717, 1.165) is 29.7 Å². The number of aryl methyl sites for hydroxylation is 1. The zero-order valence-corrected chi connectivity index (χ0v) is 16.5. The van der Waals surface area contributed by atoms with Crippen molar-refractivity contribution >= 4 is 29.9 Å². The van der Waals surface area contributed by atoms with Gasteiger partial charge in [-0.05, 0) is 44.5 Å². The number of carbonyl (C=O) groups excluding carboxylic acids is 2. The highest BCUT2D eigenvalue weighted by molar-refractivity contribution is 5.94. The third-order valence-corrected chi connectivity index (χ3v) is 4.59. The van der Waals surface area contributed by atoms with Gasteiger partial charge in [-0.1, -0.05) is 12.1 Å². The number of benzene rings is 1. The first kappa shape index (κ1) is 20.9. The zero-order chi connectivity index (χ0) is 18.7. The van der Waals surface area contributed by atoms with E-state index < -0.39 is 6.04 Å². The largest absolute Gasteiger partial charge is 0.348 e. The summed E-state index contributed by atoms with van der Waals surface area (Å²) in [5.41, 5.74) is 2.58. The molecule has 0 spiro atoms. The molecule has 1 fully saturated rings. The molecule has 1 aliphatic carbocycles. The van der Waals surface area contributed by atoms with Crippen LogP contribution in [0.4, 0.5) is 5.69 Å². The Morgan fingerprint density at radius 1 is 1.19 bits per heavy atom. The van der Waals surface area contributed by atoms with Gasteiger partial charge in [-0.15, -0.1) is 12.4 Å². The van der Waals surface area contributed by atoms with Crippen LogP contribution in [0.5, 0.6) is 0 Å². The molecule has 1 aromatic carbocycles. The Hall–Kier alpha value is -2.38. The monoisotopic (exact) mass is 391 g/mol. The molecule has 2 aromatic rings. The highest BCUT2D eigenvalue weighted by atomic mass is 35.5. The third kappa shape index (κ3) is 5.30. The number of nitrogens with zero attached hydrogens (tertiary/aromatic N) is 2. The number of carbonyl (C=O) groups is 2. The van der Waals surface area contributed by atoms with Crippen LogP contribution in [0, 0.1) is 5.92 Å². The van der Waals surface area contributed by atoms with Crippen molar-refractivity contribution in [1.29, 1.82) is 0 Å². The molecule has 1 heterocycles. The van der Waals surface area contributed by atoms with Gasteiger partial charge in [-0.3, -0.25) is 14.3 Å². The highest BCUT2D eigenvalue weighted by Crippen LogP contribution is 2.30. The van der Waals surface area contributed by atoms with Crippen LogP contribution in [0.2, 0.25) is 0 Å². The van der Waals surface area contributed by atoms with E-state index in [1.165, 1.54) is 0 Å². The van der Waals surface area contributed by atoms with Gasteiger partial charge in [0.15, 0.2) is 0 Å². The number of aromatic nitrogens is 2. The van der Waals surface area contributed by atoms with Crippen molar-refractivity contribution in [3.8, 4) is 0 Å². The molecule has 0 radical (unpaired) electrons. The summed E-state index contributed by atoms with van der Waals surface area (Å²) in [5.74, 6) is 0.158. The van der Waals surface area contributed by atoms with Gasteiger partial charge in [-0.2, -0.15) is 5.10 Å². The number of amides is 2. The van der Waals surface area contributed by atoms with Crippen LogP contribution >= 0.6 is 12.4 Å². The van der Waals surface area contributed by atoms with E-state index in [0.29, 0.717) is 0 Å². The molecule has 8 heteroatoms. The van der Waals surface area contributed by atoms with Crippen molar-refractivity contribution in [2.45, 2.75) is 31.8 Å². The topological polar surface area (TPSA) is 88.1 Å². The first-order chi connectivity index (χ1) is 12.5. The molecule has 2 amide bonds. The van der Waals surface area contributed by atoms with E-state index in [9.17, 15) is 9.59 Å². The molecule has 1 aliphatic rings. The fourth-order valence-corrected chi connectivity index (χ4v) is 2.86. The summed E-state index contributed by atoms with van der Waals surface area (Å²) in [6.07, 6.45) is 5.47. The third-order valence-electron chi connectivity index (χ3n) is 4.59. The number of halogens is 1. The van der Waals surface area contributed by atoms with Gasteiger partial charge in [0.25, 0.3) is 0 Å². The molecule has 7 nitrogen and oxygen atoms in total. The highest BCUT2D eigenvalue weighted by Gasteiger charge is 2.29. The van der Waals surface area contributed by atoms with Crippen molar-refractivity contribution in [2.75, 3.05) is 12.4 Å². The molecule has 1 saturated carbocycles. The Kier molecular flexibility index (Phi) is 6.98. The molecule has 27 heavy (non-hydrogen) atoms. The number of rotatable bonds is 7. The second-order valence-corrected chi connectivity index (χ2v) is 6.78. The van der Waals surface area contributed by atoms with Gasteiger partial charge in [0, 0.05) is 30.4 Å². The summed E-state index contributed by atoms with van der Waals surface area (Å²) >= 11 is 0. The summed E-state index contributed by atoms with van der Waals surface area (Å²) in [5, 5.41) is 13.1. The molecule has 146 valence electrons. The molecule has 0 saturated heterocycles. The first-order valence-corrected chi connectivity index (χ1v) is 8.85. The van der Waals surface area contributed by atoms with E-state index in [1.54, 1.807) is 17.9 Å². The van der Waals surface area contributed by atoms with Gasteiger partial charge in [0.1, 0.15) is 6.04 Å². The molecule has 2 atom stereocenters. The second-order valence-electron chi connectivity index (χ2n) is 6.78. The summed E-state index contributed by atoms with van der Waals surface area (Å²) < 4.78 is 1.67. The van der Waals surface area contributed by atoms with Crippen LogP contribution in [0.15, 0.2) is 36.7 Å². The minimum Gasteiger partial charge on any atom is -0.348 e. The normalized spacial score (nSPS) is 15.4. The number of likely N-dealkylation sites (N-methyl/N-ethyl adjacent to an activating group) is 1. The smallest absolute Gasteiger partial charge is 0.242 e. The molecule has 3 N–H and O–H groups in total. The van der Waals surface area contributed by atoms with Crippen molar-refractivity contribution in [2.24, 2.45) is 13.0 Å². The van der Waals surface area contributed by atoms with Crippen LogP contribution in [0.3, 0.4) is 0 Å². The SMILES string of the molecule is CNC(C(=O)NC(C)c1ccc(NC(=O)C2CC2)cc1)c1cnn(C)c1.Cl. The van der Waals surface area contributed by atoms with Crippen LogP contribution < -0.4 is 16.0 Å². The van der Waals surface area contributed by atoms with Gasteiger partial charge in [0.2, 0.25) is 11.8 Å². The molecular weight excluding hydrogens is 366 g/mol. The molecular formula is C19H26ClN5O2. The van der Waals surface area contributed by atoms with E-state index in [2.05, 4.69) is 21.0 Å². The quantitative estimate of drug-likeness (QED) is 0.675. The maximum absolute atomic E-state index is 12.6. The zero-order valence-electron chi connectivity index (χ0n) is 15.7. The van der Waals surface area contributed by atoms with Crippen LogP contribution in [0.1, 0.15) is 43.0 Å². The number of nitrogens with one attached hydrogen (secondary N) is 3. The first-order valence-electron chi connectivity index (χ1n) is 8.85. The number of anilines is 1. The molecule has 1 aromatic heterocycles. The van der Waals surface area contributed by atoms with E-state index in [4.69, 9.17) is 0 Å². The van der Waals surface area contributed by atoms with E-state index in [-0.39, 0.29) is 36.2 Å². The Morgan fingerprint density at radius 3 is 2.37 bits per heavy atom. The summed E-state index contributed by atoms with van der Waals surface area (Å²) in [6, 6.07) is 6.98. The second kappa shape index (κ2) is 9.01. The van der Waals surface area contributed by atoms with Gasteiger partial charge in [0.05, 0.1) is 12.2 Å². The van der Waals surface area contributed by atoms with E-state index >= 15 is 0 Å². The minimum atomic E-state index is -0.455. The Bertz CT molecular complexity index is 786. The molecule has 0 aliphatic heterocycles. The summed E-state index contributed by atoms with van der Waals surface area (Å²) in [4.78, 5) is 24.4. The maximum Gasteiger partial charge on any atom is 0.242 e. The lowest BCUT2D eigenvalue weighted by Crippen LogP contribution is -2.37. The van der Waals surface area contributed by atoms with Gasteiger partial charge in [-0.25, -0.2) is 0 Å². The number of hydrogen-bond acceptors (Lipinski definition) is 4. The molecule has 3 rings (SSSR count). The molecule has 0 bridgehead atoms. The lowest BCUT2D eigenvalue weighted by Gasteiger charge is -2.19. The van der Waals surface area contributed by atoms with Gasteiger partial charge >= 0.3 is 0 Å². The van der Waals surface area contributed by atoms with Crippen LogP contribution in [-0.4, -0.2) is 28.6 Å². The lowest BCUT2D eigenvalue weighted by atomic mass is 10.1. The fourth-order valence-electron chi connectivity index (χ4n) is 2.86.